The van der Waals surface area contributed by atoms with E-state index in [1.54, 1.807) is 0 Å². The van der Waals surface area contributed by atoms with Gasteiger partial charge < -0.3 is 5.73 Å². The molecular formula is C6H12ClF2NO2S. The minimum absolute atomic E-state index is 0. The lowest BCUT2D eigenvalue weighted by atomic mass is 9.80. The molecule has 1 rings (SSSR count). The molecule has 3 nitrogen and oxygen atoms in total. The smallest absolute Gasteiger partial charge is 0.251 e. The average Bonchev–Trinajstić information content (AvgIpc) is 1.78. The Morgan fingerprint density at radius 3 is 1.85 bits per heavy atom. The van der Waals surface area contributed by atoms with Gasteiger partial charge in [0.1, 0.15) is 0 Å². The first-order valence-corrected chi connectivity index (χ1v) is 5.39. The molecular weight excluding hydrogens is 224 g/mol. The monoisotopic (exact) mass is 235 g/mol. The van der Waals surface area contributed by atoms with Gasteiger partial charge in [-0.3, -0.25) is 0 Å². The normalized spacial score (nSPS) is 24.3. The predicted octanol–water partition coefficient (Wildman–Crippen LogP) is 0.579. The SMILES string of the molecule is CS(=O)(=O)C1(CN)CC(F)(F)C1.Cl. The van der Waals surface area contributed by atoms with Crippen LogP contribution in [-0.2, 0) is 9.84 Å². The lowest BCUT2D eigenvalue weighted by Gasteiger charge is -2.44. The summed E-state index contributed by atoms with van der Waals surface area (Å²) in [4.78, 5) is 0. The first kappa shape index (κ1) is 13.1. The molecule has 0 radical (unpaired) electrons. The molecule has 7 heteroatoms. The van der Waals surface area contributed by atoms with Crippen LogP contribution in [0.3, 0.4) is 0 Å². The van der Waals surface area contributed by atoms with Gasteiger partial charge in [0.25, 0.3) is 5.92 Å². The summed E-state index contributed by atoms with van der Waals surface area (Å²) in [6, 6.07) is 0. The van der Waals surface area contributed by atoms with Crippen molar-refractivity contribution in [2.45, 2.75) is 23.5 Å². The summed E-state index contributed by atoms with van der Waals surface area (Å²) in [7, 11) is -3.45. The van der Waals surface area contributed by atoms with Gasteiger partial charge in [0.15, 0.2) is 9.84 Å². The third-order valence-electron chi connectivity index (χ3n) is 2.32. The zero-order valence-electron chi connectivity index (χ0n) is 7.09. The Kier molecular flexibility index (Phi) is 3.34. The van der Waals surface area contributed by atoms with Gasteiger partial charge in [0.05, 0.1) is 4.75 Å². The van der Waals surface area contributed by atoms with Gasteiger partial charge >= 0.3 is 0 Å². The minimum atomic E-state index is -3.45. The van der Waals surface area contributed by atoms with Crippen molar-refractivity contribution < 1.29 is 17.2 Å². The molecule has 0 aromatic carbocycles. The number of rotatable bonds is 2. The summed E-state index contributed by atoms with van der Waals surface area (Å²) in [5.41, 5.74) is 5.16. The highest BCUT2D eigenvalue weighted by atomic mass is 35.5. The lowest BCUT2D eigenvalue weighted by Crippen LogP contribution is -2.60. The quantitative estimate of drug-likeness (QED) is 0.762. The van der Waals surface area contributed by atoms with Crippen molar-refractivity contribution >= 4 is 22.2 Å². The van der Waals surface area contributed by atoms with Crippen molar-refractivity contribution in [2.75, 3.05) is 12.8 Å². The summed E-state index contributed by atoms with van der Waals surface area (Å²) < 4.78 is 45.6. The van der Waals surface area contributed by atoms with E-state index in [4.69, 9.17) is 5.73 Å². The van der Waals surface area contributed by atoms with Crippen LogP contribution in [-0.4, -0.2) is 31.9 Å². The minimum Gasteiger partial charge on any atom is -0.329 e. The van der Waals surface area contributed by atoms with Crippen molar-refractivity contribution in [3.63, 3.8) is 0 Å². The maximum absolute atomic E-state index is 12.4. The molecule has 0 atom stereocenters. The Labute approximate surface area is 82.0 Å². The largest absolute Gasteiger partial charge is 0.329 e. The number of halogens is 3. The highest BCUT2D eigenvalue weighted by molar-refractivity contribution is 7.92. The van der Waals surface area contributed by atoms with Gasteiger partial charge in [-0.05, 0) is 0 Å². The summed E-state index contributed by atoms with van der Waals surface area (Å²) in [6.45, 7) is -0.221. The Bertz CT molecular complexity index is 283. The highest BCUT2D eigenvalue weighted by Gasteiger charge is 2.61. The number of hydrogen-bond donors (Lipinski definition) is 1. The zero-order valence-corrected chi connectivity index (χ0v) is 8.72. The lowest BCUT2D eigenvalue weighted by molar-refractivity contribution is -0.0956. The van der Waals surface area contributed by atoms with Gasteiger partial charge in [-0.25, -0.2) is 17.2 Å². The predicted molar refractivity (Wildman–Crippen MR) is 48.1 cm³/mol. The molecule has 1 aliphatic rings. The number of sulfone groups is 1. The van der Waals surface area contributed by atoms with Crippen LogP contribution in [0, 0.1) is 0 Å². The first-order chi connectivity index (χ1) is 5.22. The number of hydrogen-bond acceptors (Lipinski definition) is 3. The van der Waals surface area contributed by atoms with E-state index < -0.39 is 33.3 Å². The average molecular weight is 236 g/mol. The standard InChI is InChI=1S/C6H11F2NO2S.ClH/c1-12(10,11)5(4-9)2-6(7,8)3-5;/h2-4,9H2,1H3;1H. The van der Waals surface area contributed by atoms with Crippen LogP contribution in [0.25, 0.3) is 0 Å². The van der Waals surface area contributed by atoms with Gasteiger partial charge in [0, 0.05) is 25.6 Å². The Balaban J connectivity index is 0.00000144. The molecule has 1 fully saturated rings. The Hall–Kier alpha value is 0.0600. The van der Waals surface area contributed by atoms with E-state index in [9.17, 15) is 17.2 Å². The van der Waals surface area contributed by atoms with E-state index in [1.165, 1.54) is 0 Å². The van der Waals surface area contributed by atoms with Crippen molar-refractivity contribution in [2.24, 2.45) is 5.73 Å². The molecule has 0 unspecified atom stereocenters. The van der Waals surface area contributed by atoms with E-state index in [2.05, 4.69) is 0 Å². The van der Waals surface area contributed by atoms with E-state index >= 15 is 0 Å². The van der Waals surface area contributed by atoms with Gasteiger partial charge in [-0.2, -0.15) is 0 Å². The topological polar surface area (TPSA) is 60.2 Å². The molecule has 2 N–H and O–H groups in total. The maximum Gasteiger partial charge on any atom is 0.251 e. The summed E-state index contributed by atoms with van der Waals surface area (Å²) in [5, 5.41) is 0. The van der Waals surface area contributed by atoms with E-state index in [0.29, 0.717) is 0 Å². The first-order valence-electron chi connectivity index (χ1n) is 3.50. The van der Waals surface area contributed by atoms with Crippen LogP contribution in [0.2, 0.25) is 0 Å². The molecule has 0 aliphatic heterocycles. The van der Waals surface area contributed by atoms with Crippen molar-refractivity contribution in [1.29, 1.82) is 0 Å². The molecule has 0 saturated heterocycles. The molecule has 0 spiro atoms. The van der Waals surface area contributed by atoms with Crippen LogP contribution in [0.15, 0.2) is 0 Å². The molecule has 0 heterocycles. The molecule has 80 valence electrons. The fourth-order valence-electron chi connectivity index (χ4n) is 1.45. The van der Waals surface area contributed by atoms with Gasteiger partial charge in [-0.1, -0.05) is 0 Å². The van der Waals surface area contributed by atoms with E-state index in [-0.39, 0.29) is 19.0 Å². The summed E-state index contributed by atoms with van der Waals surface area (Å²) in [5.74, 6) is -2.84. The molecule has 1 aliphatic carbocycles. The summed E-state index contributed by atoms with van der Waals surface area (Å²) >= 11 is 0. The van der Waals surface area contributed by atoms with Crippen LogP contribution in [0.4, 0.5) is 8.78 Å². The Morgan fingerprint density at radius 2 is 1.77 bits per heavy atom. The van der Waals surface area contributed by atoms with Crippen LogP contribution >= 0.6 is 12.4 Å². The fraction of sp³-hybridized carbons (Fsp3) is 1.00. The van der Waals surface area contributed by atoms with Gasteiger partial charge in [0.2, 0.25) is 0 Å². The molecule has 0 aromatic heterocycles. The third kappa shape index (κ3) is 2.11. The van der Waals surface area contributed by atoms with Crippen LogP contribution < -0.4 is 5.73 Å². The van der Waals surface area contributed by atoms with Crippen molar-refractivity contribution in [1.82, 2.24) is 0 Å². The number of nitrogens with two attached hydrogens (primary N) is 1. The second-order valence-electron chi connectivity index (χ2n) is 3.37. The van der Waals surface area contributed by atoms with E-state index in [0.717, 1.165) is 6.26 Å². The molecule has 0 bridgehead atoms. The highest BCUT2D eigenvalue weighted by Crippen LogP contribution is 2.49. The van der Waals surface area contributed by atoms with Crippen LogP contribution in [0.5, 0.6) is 0 Å². The van der Waals surface area contributed by atoms with Crippen molar-refractivity contribution in [3.8, 4) is 0 Å². The maximum atomic E-state index is 12.4. The Morgan fingerprint density at radius 1 is 1.38 bits per heavy atom. The van der Waals surface area contributed by atoms with E-state index in [1.807, 2.05) is 0 Å². The molecule has 0 aromatic rings. The van der Waals surface area contributed by atoms with Crippen LogP contribution in [0.1, 0.15) is 12.8 Å². The molecule has 13 heavy (non-hydrogen) atoms. The number of alkyl halides is 2. The van der Waals surface area contributed by atoms with Gasteiger partial charge in [-0.15, -0.1) is 12.4 Å². The molecule has 0 amide bonds. The zero-order chi connectivity index (χ0) is 9.62. The summed E-state index contributed by atoms with van der Waals surface area (Å²) in [6.07, 6.45) is -0.306. The second kappa shape index (κ2) is 3.33. The molecule has 1 saturated carbocycles. The fourth-order valence-corrected chi connectivity index (χ4v) is 2.70. The third-order valence-corrected chi connectivity index (χ3v) is 4.35. The second-order valence-corrected chi connectivity index (χ2v) is 5.78. The van der Waals surface area contributed by atoms with Crippen molar-refractivity contribution in [3.05, 3.63) is 0 Å².